The first kappa shape index (κ1) is 25.3. The van der Waals surface area contributed by atoms with Crippen molar-refractivity contribution in [2.75, 3.05) is 18.0 Å². The minimum atomic E-state index is -4.49. The SMILES string of the molecule is CC(C)C1C=CC=CC1Sc1ccc(-c2cc(N3CCC(C(N)=O)CC3)ncn2)cc1C(F)(F)F. The maximum atomic E-state index is 14.1. The molecular weight excluding hydrogens is 473 g/mol. The molecule has 2 unspecified atom stereocenters. The number of amides is 1. The zero-order valence-electron chi connectivity index (χ0n) is 19.7. The summed E-state index contributed by atoms with van der Waals surface area (Å²) in [5.74, 6) is 0.648. The van der Waals surface area contributed by atoms with E-state index in [1.54, 1.807) is 18.2 Å². The fourth-order valence-corrected chi connectivity index (χ4v) is 6.03. The lowest BCUT2D eigenvalue weighted by molar-refractivity contribution is -0.139. The number of alkyl halides is 3. The van der Waals surface area contributed by atoms with Gasteiger partial charge in [-0.1, -0.05) is 44.2 Å². The standard InChI is InChI=1S/C26H29F3N4OS/c1-16(2)19-5-3-4-6-22(19)35-23-8-7-18(13-20(23)26(27,28)29)21-14-24(32-15-31-21)33-11-9-17(10-12-33)25(30)34/h3-8,13-17,19,22H,9-12H2,1-2H3,(H2,30,34). The van der Waals surface area contributed by atoms with Gasteiger partial charge in [0, 0.05) is 40.8 Å². The Hall–Kier alpha value is -2.81. The smallest absolute Gasteiger partial charge is 0.369 e. The number of nitrogens with two attached hydrogens (primary N) is 1. The minimum absolute atomic E-state index is 0.0686. The topological polar surface area (TPSA) is 72.1 Å². The summed E-state index contributed by atoms with van der Waals surface area (Å²) in [6, 6.07) is 6.12. The number of nitrogens with zero attached hydrogens (tertiary/aromatic N) is 3. The number of halogens is 3. The molecule has 1 fully saturated rings. The van der Waals surface area contributed by atoms with Crippen LogP contribution in [0.5, 0.6) is 0 Å². The van der Waals surface area contributed by atoms with Gasteiger partial charge in [0.15, 0.2) is 0 Å². The van der Waals surface area contributed by atoms with Crippen molar-refractivity contribution in [2.24, 2.45) is 23.5 Å². The van der Waals surface area contributed by atoms with Crippen molar-refractivity contribution in [1.82, 2.24) is 9.97 Å². The molecule has 0 saturated carbocycles. The Morgan fingerprint density at radius 3 is 2.49 bits per heavy atom. The molecule has 0 spiro atoms. The van der Waals surface area contributed by atoms with Gasteiger partial charge < -0.3 is 10.6 Å². The molecule has 2 N–H and O–H groups in total. The van der Waals surface area contributed by atoms with Crippen LogP contribution in [0.2, 0.25) is 0 Å². The van der Waals surface area contributed by atoms with Gasteiger partial charge in [-0.3, -0.25) is 4.79 Å². The van der Waals surface area contributed by atoms with Crippen LogP contribution in [0.15, 0.2) is 59.8 Å². The van der Waals surface area contributed by atoms with Crippen LogP contribution in [0.25, 0.3) is 11.3 Å². The number of hydrogen-bond donors (Lipinski definition) is 1. The van der Waals surface area contributed by atoms with Gasteiger partial charge in [0.1, 0.15) is 12.1 Å². The predicted molar refractivity (Wildman–Crippen MR) is 133 cm³/mol. The molecule has 1 saturated heterocycles. The summed E-state index contributed by atoms with van der Waals surface area (Å²) in [7, 11) is 0. The number of anilines is 1. The van der Waals surface area contributed by atoms with Crippen LogP contribution < -0.4 is 10.6 Å². The second-order valence-corrected chi connectivity index (χ2v) is 10.5. The van der Waals surface area contributed by atoms with E-state index < -0.39 is 11.7 Å². The first-order chi connectivity index (χ1) is 16.6. The number of carbonyl (C=O) groups excluding carboxylic acids is 1. The van der Waals surface area contributed by atoms with Gasteiger partial charge in [0.2, 0.25) is 5.91 Å². The Kier molecular flexibility index (Phi) is 7.54. The number of hydrogen-bond acceptors (Lipinski definition) is 5. The summed E-state index contributed by atoms with van der Waals surface area (Å²) in [6.45, 7) is 5.37. The van der Waals surface area contributed by atoms with Crippen molar-refractivity contribution in [1.29, 1.82) is 0 Å². The highest BCUT2D eigenvalue weighted by atomic mass is 32.2. The van der Waals surface area contributed by atoms with Crippen molar-refractivity contribution in [2.45, 2.75) is 43.0 Å². The van der Waals surface area contributed by atoms with Gasteiger partial charge in [-0.2, -0.15) is 13.2 Å². The van der Waals surface area contributed by atoms with E-state index in [-0.39, 0.29) is 27.9 Å². The van der Waals surface area contributed by atoms with Crippen LogP contribution in [0.3, 0.4) is 0 Å². The molecule has 1 aliphatic carbocycles. The lowest BCUT2D eigenvalue weighted by Crippen LogP contribution is -2.38. The van der Waals surface area contributed by atoms with Gasteiger partial charge in [-0.05, 0) is 36.8 Å². The third kappa shape index (κ3) is 5.89. The Bertz CT molecular complexity index is 1120. The highest BCUT2D eigenvalue weighted by molar-refractivity contribution is 8.00. The van der Waals surface area contributed by atoms with Crippen molar-refractivity contribution in [3.63, 3.8) is 0 Å². The second kappa shape index (κ2) is 10.4. The first-order valence-corrected chi connectivity index (χ1v) is 12.6. The number of aromatic nitrogens is 2. The molecule has 2 heterocycles. The summed E-state index contributed by atoms with van der Waals surface area (Å²) >= 11 is 1.25. The number of benzene rings is 1. The lowest BCUT2D eigenvalue weighted by Gasteiger charge is -2.31. The largest absolute Gasteiger partial charge is 0.417 e. The van der Waals surface area contributed by atoms with Crippen molar-refractivity contribution in [3.05, 3.63) is 60.5 Å². The lowest BCUT2D eigenvalue weighted by atomic mass is 9.89. The molecule has 4 rings (SSSR count). The molecule has 9 heteroatoms. The van der Waals surface area contributed by atoms with Crippen molar-refractivity contribution < 1.29 is 18.0 Å². The average Bonchev–Trinajstić information content (AvgIpc) is 2.84. The summed E-state index contributed by atoms with van der Waals surface area (Å²) in [5, 5.41) is -0.0686. The van der Waals surface area contributed by atoms with E-state index in [1.807, 2.05) is 23.1 Å². The quantitative estimate of drug-likeness (QED) is 0.547. The molecule has 5 nitrogen and oxygen atoms in total. The fourth-order valence-electron chi connectivity index (χ4n) is 4.55. The van der Waals surface area contributed by atoms with E-state index in [4.69, 9.17) is 5.73 Å². The number of thioether (sulfide) groups is 1. The maximum absolute atomic E-state index is 14.1. The van der Waals surface area contributed by atoms with E-state index in [9.17, 15) is 18.0 Å². The summed E-state index contributed by atoms with van der Waals surface area (Å²) in [4.78, 5) is 22.2. The minimum Gasteiger partial charge on any atom is -0.369 e. The Labute approximate surface area is 207 Å². The van der Waals surface area contributed by atoms with Gasteiger partial charge in [-0.15, -0.1) is 11.8 Å². The maximum Gasteiger partial charge on any atom is 0.417 e. The highest BCUT2D eigenvalue weighted by Gasteiger charge is 2.35. The Balaban J connectivity index is 1.60. The van der Waals surface area contributed by atoms with Crippen LogP contribution in [-0.2, 0) is 11.0 Å². The molecular formula is C26H29F3N4OS. The van der Waals surface area contributed by atoms with E-state index >= 15 is 0 Å². The molecule has 2 aliphatic rings. The zero-order valence-corrected chi connectivity index (χ0v) is 20.5. The number of rotatable bonds is 6. The summed E-state index contributed by atoms with van der Waals surface area (Å²) < 4.78 is 42.3. The van der Waals surface area contributed by atoms with Gasteiger partial charge in [-0.25, -0.2) is 9.97 Å². The molecule has 2 atom stereocenters. The molecule has 1 aromatic carbocycles. The second-order valence-electron chi connectivity index (χ2n) is 9.31. The molecule has 35 heavy (non-hydrogen) atoms. The molecule has 1 aromatic heterocycles. The van der Waals surface area contributed by atoms with Gasteiger partial charge in [0.05, 0.1) is 11.3 Å². The zero-order chi connectivity index (χ0) is 25.2. The van der Waals surface area contributed by atoms with E-state index in [0.29, 0.717) is 48.9 Å². The van der Waals surface area contributed by atoms with Crippen LogP contribution >= 0.6 is 11.8 Å². The molecule has 0 bridgehead atoms. The number of carbonyl (C=O) groups is 1. The monoisotopic (exact) mass is 502 g/mol. The molecule has 186 valence electrons. The fraction of sp³-hybridized carbons (Fsp3) is 0.423. The van der Waals surface area contributed by atoms with Crippen LogP contribution in [0, 0.1) is 17.8 Å². The molecule has 1 aliphatic heterocycles. The van der Waals surface area contributed by atoms with E-state index in [2.05, 4.69) is 29.9 Å². The summed E-state index contributed by atoms with van der Waals surface area (Å²) in [6.07, 6.45) is 6.02. The first-order valence-electron chi connectivity index (χ1n) is 11.7. The predicted octanol–water partition coefficient (Wildman–Crippen LogP) is 5.72. The van der Waals surface area contributed by atoms with Gasteiger partial charge in [0.25, 0.3) is 0 Å². The Morgan fingerprint density at radius 1 is 1.11 bits per heavy atom. The van der Waals surface area contributed by atoms with Crippen LogP contribution in [0.4, 0.5) is 19.0 Å². The van der Waals surface area contributed by atoms with Crippen LogP contribution in [-0.4, -0.2) is 34.2 Å². The number of allylic oxidation sites excluding steroid dienone is 3. The van der Waals surface area contributed by atoms with E-state index in [0.717, 1.165) is 0 Å². The summed E-state index contributed by atoms with van der Waals surface area (Å²) in [5.41, 5.74) is 5.56. The molecule has 0 radical (unpaired) electrons. The third-order valence-electron chi connectivity index (χ3n) is 6.61. The highest BCUT2D eigenvalue weighted by Crippen LogP contribution is 2.43. The Morgan fingerprint density at radius 2 is 1.83 bits per heavy atom. The molecule has 1 amide bonds. The number of primary amides is 1. The molecule has 2 aromatic rings. The normalized spacial score (nSPS) is 21.0. The van der Waals surface area contributed by atoms with Crippen LogP contribution in [0.1, 0.15) is 32.3 Å². The van der Waals surface area contributed by atoms with Crippen molar-refractivity contribution in [3.8, 4) is 11.3 Å². The van der Waals surface area contributed by atoms with Gasteiger partial charge >= 0.3 is 6.18 Å². The average molecular weight is 503 g/mol. The van der Waals surface area contributed by atoms with Crippen molar-refractivity contribution >= 4 is 23.5 Å². The van der Waals surface area contributed by atoms with E-state index in [1.165, 1.54) is 24.2 Å². The third-order valence-corrected chi connectivity index (χ3v) is 7.97. The number of piperidine rings is 1.